The zero-order chi connectivity index (χ0) is 10.6. The van der Waals surface area contributed by atoms with Crippen molar-refractivity contribution in [2.75, 3.05) is 6.54 Å². The van der Waals surface area contributed by atoms with E-state index in [1.807, 2.05) is 12.1 Å². The molecule has 0 amide bonds. The zero-order valence-corrected chi connectivity index (χ0v) is 9.23. The van der Waals surface area contributed by atoms with Crippen LogP contribution >= 0.6 is 0 Å². The number of hydrogen-bond donors (Lipinski definition) is 1. The second kappa shape index (κ2) is 5.17. The summed E-state index contributed by atoms with van der Waals surface area (Å²) < 4.78 is 5.33. The van der Waals surface area contributed by atoms with Crippen LogP contribution in [-0.4, -0.2) is 23.5 Å². The molecule has 0 aromatic carbocycles. The first-order valence-electron chi connectivity index (χ1n) is 5.13. The minimum absolute atomic E-state index is 0.389. The van der Waals surface area contributed by atoms with Crippen LogP contribution in [0.15, 0.2) is 22.8 Å². The van der Waals surface area contributed by atoms with E-state index in [0.717, 1.165) is 12.3 Å². The van der Waals surface area contributed by atoms with Gasteiger partial charge in [0.15, 0.2) is 0 Å². The minimum atomic E-state index is 0.389. The smallest absolute Gasteiger partial charge is 0.117 e. The molecule has 0 bridgehead atoms. The van der Waals surface area contributed by atoms with E-state index in [9.17, 15) is 0 Å². The molecule has 1 heterocycles. The van der Waals surface area contributed by atoms with Gasteiger partial charge in [0.05, 0.1) is 12.8 Å². The standard InChI is InChI=1S/C11H20N2O/c1-9(2)13(10(3)7-12)8-11-5-4-6-14-11/h4-6,9-10H,7-8,12H2,1-3H3. The van der Waals surface area contributed by atoms with E-state index in [-0.39, 0.29) is 0 Å². The molecule has 0 aliphatic carbocycles. The van der Waals surface area contributed by atoms with Crippen LogP contribution in [0.1, 0.15) is 26.5 Å². The SMILES string of the molecule is CC(C)N(Cc1ccco1)C(C)CN. The van der Waals surface area contributed by atoms with E-state index in [0.29, 0.717) is 18.6 Å². The number of rotatable bonds is 5. The molecule has 0 spiro atoms. The van der Waals surface area contributed by atoms with Crippen molar-refractivity contribution < 1.29 is 4.42 Å². The molecule has 1 rings (SSSR count). The van der Waals surface area contributed by atoms with Crippen LogP contribution in [0.5, 0.6) is 0 Å². The van der Waals surface area contributed by atoms with E-state index in [4.69, 9.17) is 10.2 Å². The molecule has 3 heteroatoms. The Morgan fingerprint density at radius 3 is 2.57 bits per heavy atom. The molecule has 80 valence electrons. The largest absolute Gasteiger partial charge is 0.468 e. The van der Waals surface area contributed by atoms with Gasteiger partial charge in [-0.25, -0.2) is 0 Å². The fourth-order valence-electron chi connectivity index (χ4n) is 1.57. The van der Waals surface area contributed by atoms with E-state index in [1.165, 1.54) is 0 Å². The Hall–Kier alpha value is -0.800. The molecule has 0 fully saturated rings. The molecular formula is C11H20N2O. The van der Waals surface area contributed by atoms with Crippen LogP contribution in [0.3, 0.4) is 0 Å². The highest BCUT2D eigenvalue weighted by Gasteiger charge is 2.16. The average Bonchev–Trinajstić information content (AvgIpc) is 2.65. The molecule has 2 N–H and O–H groups in total. The normalized spacial score (nSPS) is 13.9. The average molecular weight is 196 g/mol. The van der Waals surface area contributed by atoms with Crippen molar-refractivity contribution in [3.63, 3.8) is 0 Å². The molecule has 14 heavy (non-hydrogen) atoms. The van der Waals surface area contributed by atoms with Crippen LogP contribution in [0.4, 0.5) is 0 Å². The summed E-state index contributed by atoms with van der Waals surface area (Å²) in [6, 6.07) is 4.79. The van der Waals surface area contributed by atoms with Gasteiger partial charge in [0, 0.05) is 18.6 Å². The van der Waals surface area contributed by atoms with E-state index in [2.05, 4.69) is 25.7 Å². The van der Waals surface area contributed by atoms with Crippen LogP contribution in [0.2, 0.25) is 0 Å². The van der Waals surface area contributed by atoms with Gasteiger partial charge in [-0.3, -0.25) is 4.90 Å². The molecule has 0 saturated carbocycles. The topological polar surface area (TPSA) is 42.4 Å². The van der Waals surface area contributed by atoms with Crippen molar-refractivity contribution in [2.45, 2.75) is 39.4 Å². The third-order valence-corrected chi connectivity index (χ3v) is 2.49. The lowest BCUT2D eigenvalue weighted by Gasteiger charge is -2.31. The maximum Gasteiger partial charge on any atom is 0.117 e. The van der Waals surface area contributed by atoms with Crippen LogP contribution in [0, 0.1) is 0 Å². The van der Waals surface area contributed by atoms with Gasteiger partial charge >= 0.3 is 0 Å². The summed E-state index contributed by atoms with van der Waals surface area (Å²) in [5.74, 6) is 0.999. The Kier molecular flexibility index (Phi) is 4.17. The monoisotopic (exact) mass is 196 g/mol. The van der Waals surface area contributed by atoms with Crippen LogP contribution < -0.4 is 5.73 Å². The number of nitrogens with zero attached hydrogens (tertiary/aromatic N) is 1. The Labute approximate surface area is 85.9 Å². The van der Waals surface area contributed by atoms with Gasteiger partial charge in [-0.15, -0.1) is 0 Å². The van der Waals surface area contributed by atoms with E-state index < -0.39 is 0 Å². The lowest BCUT2D eigenvalue weighted by Crippen LogP contribution is -2.42. The van der Waals surface area contributed by atoms with Gasteiger partial charge in [0.2, 0.25) is 0 Å². The molecule has 0 aliphatic rings. The van der Waals surface area contributed by atoms with Crippen LogP contribution in [-0.2, 0) is 6.54 Å². The summed E-state index contributed by atoms with van der Waals surface area (Å²) in [6.07, 6.45) is 1.71. The van der Waals surface area contributed by atoms with Crippen molar-refractivity contribution in [1.29, 1.82) is 0 Å². The van der Waals surface area contributed by atoms with Crippen molar-refractivity contribution in [3.05, 3.63) is 24.2 Å². The fraction of sp³-hybridized carbons (Fsp3) is 0.636. The first-order chi connectivity index (χ1) is 6.65. The van der Waals surface area contributed by atoms with Crippen molar-refractivity contribution in [3.8, 4) is 0 Å². The number of hydrogen-bond acceptors (Lipinski definition) is 3. The highest BCUT2D eigenvalue weighted by Crippen LogP contribution is 2.11. The van der Waals surface area contributed by atoms with Gasteiger partial charge in [0.25, 0.3) is 0 Å². The Morgan fingerprint density at radius 1 is 1.43 bits per heavy atom. The lowest BCUT2D eigenvalue weighted by molar-refractivity contribution is 0.146. The molecule has 0 saturated heterocycles. The van der Waals surface area contributed by atoms with E-state index in [1.54, 1.807) is 6.26 Å². The highest BCUT2D eigenvalue weighted by molar-refractivity contribution is 4.98. The van der Waals surface area contributed by atoms with Gasteiger partial charge in [-0.05, 0) is 32.9 Å². The molecule has 0 aliphatic heterocycles. The van der Waals surface area contributed by atoms with Crippen molar-refractivity contribution in [2.24, 2.45) is 5.73 Å². The Balaban J connectivity index is 2.60. The maximum atomic E-state index is 5.67. The van der Waals surface area contributed by atoms with Gasteiger partial charge in [0.1, 0.15) is 5.76 Å². The van der Waals surface area contributed by atoms with Crippen molar-refractivity contribution >= 4 is 0 Å². The summed E-state index contributed by atoms with van der Waals surface area (Å²) in [5.41, 5.74) is 5.67. The third-order valence-electron chi connectivity index (χ3n) is 2.49. The summed E-state index contributed by atoms with van der Waals surface area (Å²) in [6.45, 7) is 8.01. The van der Waals surface area contributed by atoms with Gasteiger partial charge < -0.3 is 10.2 Å². The fourth-order valence-corrected chi connectivity index (χ4v) is 1.57. The third kappa shape index (κ3) is 2.86. The molecular weight excluding hydrogens is 176 g/mol. The van der Waals surface area contributed by atoms with Gasteiger partial charge in [-0.1, -0.05) is 0 Å². The molecule has 0 radical (unpaired) electrons. The second-order valence-electron chi connectivity index (χ2n) is 3.93. The van der Waals surface area contributed by atoms with E-state index >= 15 is 0 Å². The lowest BCUT2D eigenvalue weighted by atomic mass is 10.2. The summed E-state index contributed by atoms with van der Waals surface area (Å²) in [5, 5.41) is 0. The molecule has 1 aromatic heterocycles. The quantitative estimate of drug-likeness (QED) is 0.781. The van der Waals surface area contributed by atoms with Crippen LogP contribution in [0.25, 0.3) is 0 Å². The second-order valence-corrected chi connectivity index (χ2v) is 3.93. The first kappa shape index (κ1) is 11.3. The molecule has 1 aromatic rings. The predicted octanol–water partition coefficient (Wildman–Crippen LogP) is 1.84. The van der Waals surface area contributed by atoms with Gasteiger partial charge in [-0.2, -0.15) is 0 Å². The summed E-state index contributed by atoms with van der Waals surface area (Å²) in [4.78, 5) is 2.33. The maximum absolute atomic E-state index is 5.67. The molecule has 3 nitrogen and oxygen atoms in total. The Morgan fingerprint density at radius 2 is 2.14 bits per heavy atom. The zero-order valence-electron chi connectivity index (χ0n) is 9.23. The minimum Gasteiger partial charge on any atom is -0.468 e. The summed E-state index contributed by atoms with van der Waals surface area (Å²) in [7, 11) is 0. The predicted molar refractivity (Wildman–Crippen MR) is 57.9 cm³/mol. The van der Waals surface area contributed by atoms with Crippen molar-refractivity contribution in [1.82, 2.24) is 4.90 Å². The molecule has 1 unspecified atom stereocenters. The number of nitrogens with two attached hydrogens (primary N) is 1. The first-order valence-corrected chi connectivity index (χ1v) is 5.13. The summed E-state index contributed by atoms with van der Waals surface area (Å²) >= 11 is 0. The number of furan rings is 1. The molecule has 1 atom stereocenters. The highest BCUT2D eigenvalue weighted by atomic mass is 16.3. The Bertz CT molecular complexity index is 244.